The van der Waals surface area contributed by atoms with Gasteiger partial charge in [0.15, 0.2) is 0 Å². The molecular weight excluding hydrogens is 215 g/mol. The third-order valence-corrected chi connectivity index (χ3v) is 3.46. The van der Waals surface area contributed by atoms with E-state index in [1.807, 2.05) is 19.2 Å². The van der Waals surface area contributed by atoms with Crippen molar-refractivity contribution in [2.45, 2.75) is 13.3 Å². The van der Waals surface area contributed by atoms with Crippen molar-refractivity contribution in [1.29, 1.82) is 0 Å². The number of hydrogen-bond donors (Lipinski definition) is 2. The molecule has 2 aromatic rings. The molecule has 1 aromatic carbocycles. The molecule has 1 aliphatic heterocycles. The van der Waals surface area contributed by atoms with Crippen molar-refractivity contribution in [3.05, 3.63) is 41.3 Å². The number of fused-ring (bicyclic) bond motifs is 1. The largest absolute Gasteiger partial charge is 0.360 e. The Morgan fingerprint density at radius 1 is 1.29 bits per heavy atom. The molecule has 1 aliphatic rings. The van der Waals surface area contributed by atoms with Crippen LogP contribution in [0.3, 0.4) is 0 Å². The van der Waals surface area contributed by atoms with Crippen molar-refractivity contribution in [3.8, 4) is 0 Å². The van der Waals surface area contributed by atoms with Gasteiger partial charge in [0.05, 0.1) is 5.52 Å². The molecule has 1 aromatic heterocycles. The Balaban J connectivity index is 2.18. The zero-order valence-electron chi connectivity index (χ0n) is 9.81. The zero-order valence-corrected chi connectivity index (χ0v) is 9.81. The van der Waals surface area contributed by atoms with Crippen LogP contribution in [0.15, 0.2) is 24.4 Å². The Bertz CT molecular complexity index is 596. The van der Waals surface area contributed by atoms with Gasteiger partial charge in [-0.2, -0.15) is 0 Å². The molecule has 2 N–H and O–H groups in total. The van der Waals surface area contributed by atoms with Gasteiger partial charge in [0.2, 0.25) is 0 Å². The Morgan fingerprint density at radius 2 is 2.18 bits per heavy atom. The van der Waals surface area contributed by atoms with Gasteiger partial charge in [-0.25, -0.2) is 4.39 Å². The average Bonchev–Trinajstić information content (AvgIpc) is 2.79. The van der Waals surface area contributed by atoms with Crippen LogP contribution in [0.2, 0.25) is 0 Å². The summed E-state index contributed by atoms with van der Waals surface area (Å²) in [7, 11) is 0. The number of aromatic amines is 1. The van der Waals surface area contributed by atoms with Gasteiger partial charge >= 0.3 is 0 Å². The Labute approximate surface area is 99.5 Å². The van der Waals surface area contributed by atoms with Gasteiger partial charge in [0.1, 0.15) is 5.82 Å². The van der Waals surface area contributed by atoms with Crippen LogP contribution in [-0.2, 0) is 0 Å². The highest BCUT2D eigenvalue weighted by atomic mass is 19.1. The molecule has 2 heterocycles. The number of aromatic nitrogens is 1. The predicted octanol–water partition coefficient (Wildman–Crippen LogP) is 2.99. The molecular formula is C14H15FN2. The van der Waals surface area contributed by atoms with E-state index in [1.165, 1.54) is 11.1 Å². The molecule has 0 fully saturated rings. The summed E-state index contributed by atoms with van der Waals surface area (Å²) in [5.41, 5.74) is 4.17. The van der Waals surface area contributed by atoms with Gasteiger partial charge in [-0.1, -0.05) is 6.08 Å². The minimum atomic E-state index is -0.148. The number of hydrogen-bond acceptors (Lipinski definition) is 1. The maximum atomic E-state index is 13.5. The van der Waals surface area contributed by atoms with Gasteiger partial charge in [0.25, 0.3) is 0 Å². The van der Waals surface area contributed by atoms with E-state index in [9.17, 15) is 4.39 Å². The fraction of sp³-hybridized carbons (Fsp3) is 0.286. The third kappa shape index (κ3) is 1.67. The lowest BCUT2D eigenvalue weighted by Gasteiger charge is -2.13. The van der Waals surface area contributed by atoms with Crippen molar-refractivity contribution in [2.24, 2.45) is 0 Å². The zero-order chi connectivity index (χ0) is 11.8. The molecule has 0 radical (unpaired) electrons. The normalized spacial score (nSPS) is 16.2. The Kier molecular flexibility index (Phi) is 2.48. The smallest absolute Gasteiger partial charge is 0.128 e. The van der Waals surface area contributed by atoms with E-state index in [1.54, 1.807) is 6.07 Å². The predicted molar refractivity (Wildman–Crippen MR) is 68.5 cm³/mol. The van der Waals surface area contributed by atoms with E-state index < -0.39 is 0 Å². The summed E-state index contributed by atoms with van der Waals surface area (Å²) in [6, 6.07) is 3.42. The number of H-pyrrole nitrogens is 1. The summed E-state index contributed by atoms with van der Waals surface area (Å²) in [5.74, 6) is -0.148. The molecule has 0 spiro atoms. The molecule has 0 unspecified atom stereocenters. The topological polar surface area (TPSA) is 27.8 Å². The van der Waals surface area contributed by atoms with Crippen LogP contribution >= 0.6 is 0 Å². The van der Waals surface area contributed by atoms with E-state index in [0.29, 0.717) is 5.56 Å². The molecule has 17 heavy (non-hydrogen) atoms. The molecule has 0 saturated heterocycles. The summed E-state index contributed by atoms with van der Waals surface area (Å²) >= 11 is 0. The monoisotopic (exact) mass is 230 g/mol. The van der Waals surface area contributed by atoms with Crippen LogP contribution in [0.1, 0.15) is 17.5 Å². The molecule has 3 rings (SSSR count). The van der Waals surface area contributed by atoms with Crippen LogP contribution in [0.5, 0.6) is 0 Å². The molecule has 0 aliphatic carbocycles. The first-order chi connectivity index (χ1) is 8.27. The molecule has 3 heteroatoms. The molecule has 0 bridgehead atoms. The van der Waals surface area contributed by atoms with E-state index in [-0.39, 0.29) is 5.82 Å². The van der Waals surface area contributed by atoms with Crippen LogP contribution in [0.25, 0.3) is 16.5 Å². The molecule has 2 nitrogen and oxygen atoms in total. The fourth-order valence-electron chi connectivity index (χ4n) is 2.45. The van der Waals surface area contributed by atoms with E-state index in [4.69, 9.17) is 0 Å². The number of rotatable bonds is 1. The van der Waals surface area contributed by atoms with Crippen molar-refractivity contribution in [3.63, 3.8) is 0 Å². The quantitative estimate of drug-likeness (QED) is 0.774. The molecule has 0 atom stereocenters. The number of benzene rings is 1. The van der Waals surface area contributed by atoms with Gasteiger partial charge in [0, 0.05) is 29.3 Å². The second-order valence-electron chi connectivity index (χ2n) is 4.48. The highest BCUT2D eigenvalue weighted by molar-refractivity contribution is 5.94. The fourth-order valence-corrected chi connectivity index (χ4v) is 2.45. The Morgan fingerprint density at radius 3 is 2.94 bits per heavy atom. The average molecular weight is 230 g/mol. The summed E-state index contributed by atoms with van der Waals surface area (Å²) in [5, 5.41) is 4.42. The maximum absolute atomic E-state index is 13.5. The SMILES string of the molecule is Cc1c(F)ccc2c(C3=CCNCC3)c[nH]c12. The van der Waals surface area contributed by atoms with Gasteiger partial charge in [-0.3, -0.25) is 0 Å². The highest BCUT2D eigenvalue weighted by Gasteiger charge is 2.13. The lowest BCUT2D eigenvalue weighted by Crippen LogP contribution is -2.19. The Hall–Kier alpha value is -1.61. The number of halogens is 1. The minimum Gasteiger partial charge on any atom is -0.360 e. The van der Waals surface area contributed by atoms with Gasteiger partial charge in [-0.05, 0) is 37.6 Å². The molecule has 0 saturated carbocycles. The first-order valence-electron chi connectivity index (χ1n) is 5.93. The first-order valence-corrected chi connectivity index (χ1v) is 5.93. The second kappa shape index (κ2) is 4.00. The van der Waals surface area contributed by atoms with Crippen LogP contribution < -0.4 is 5.32 Å². The maximum Gasteiger partial charge on any atom is 0.128 e. The van der Waals surface area contributed by atoms with Crippen molar-refractivity contribution in [2.75, 3.05) is 13.1 Å². The number of nitrogens with one attached hydrogen (secondary N) is 2. The number of aryl methyl sites for hydroxylation is 1. The van der Waals surface area contributed by atoms with E-state index in [2.05, 4.69) is 16.4 Å². The second-order valence-corrected chi connectivity index (χ2v) is 4.48. The standard InChI is InChI=1S/C14H15FN2/c1-9-13(15)3-2-11-12(8-17-14(9)11)10-4-6-16-7-5-10/h2-4,8,16-17H,5-7H2,1H3. The highest BCUT2D eigenvalue weighted by Crippen LogP contribution is 2.30. The summed E-state index contributed by atoms with van der Waals surface area (Å²) in [4.78, 5) is 3.19. The van der Waals surface area contributed by atoms with Crippen molar-refractivity contribution < 1.29 is 4.39 Å². The first kappa shape index (κ1) is 10.5. The van der Waals surface area contributed by atoms with Crippen LogP contribution in [-0.4, -0.2) is 18.1 Å². The summed E-state index contributed by atoms with van der Waals surface area (Å²) in [6.07, 6.45) is 5.24. The van der Waals surface area contributed by atoms with Crippen molar-refractivity contribution >= 4 is 16.5 Å². The van der Waals surface area contributed by atoms with E-state index in [0.717, 1.165) is 30.4 Å². The van der Waals surface area contributed by atoms with Crippen LogP contribution in [0, 0.1) is 12.7 Å². The van der Waals surface area contributed by atoms with Gasteiger partial charge < -0.3 is 10.3 Å². The minimum absolute atomic E-state index is 0.148. The third-order valence-electron chi connectivity index (χ3n) is 3.46. The lowest BCUT2D eigenvalue weighted by molar-refractivity contribution is 0.620. The molecule has 0 amide bonds. The summed E-state index contributed by atoms with van der Waals surface area (Å²) < 4.78 is 13.5. The van der Waals surface area contributed by atoms with Gasteiger partial charge in [-0.15, -0.1) is 0 Å². The van der Waals surface area contributed by atoms with E-state index >= 15 is 0 Å². The lowest BCUT2D eigenvalue weighted by atomic mass is 9.99. The van der Waals surface area contributed by atoms with Crippen molar-refractivity contribution in [1.82, 2.24) is 10.3 Å². The summed E-state index contributed by atoms with van der Waals surface area (Å²) in [6.45, 7) is 3.75. The molecule has 88 valence electrons. The van der Waals surface area contributed by atoms with Crippen LogP contribution in [0.4, 0.5) is 4.39 Å².